The summed E-state index contributed by atoms with van der Waals surface area (Å²) in [4.78, 5) is 28.6. The summed E-state index contributed by atoms with van der Waals surface area (Å²) in [5.74, 6) is 1.04. The van der Waals surface area contributed by atoms with Crippen molar-refractivity contribution in [2.45, 2.75) is 38.3 Å². The van der Waals surface area contributed by atoms with Crippen LogP contribution < -0.4 is 14.8 Å². The summed E-state index contributed by atoms with van der Waals surface area (Å²) in [6.07, 6.45) is 2.50. The Kier molecular flexibility index (Phi) is 4.34. The summed E-state index contributed by atoms with van der Waals surface area (Å²) in [6.45, 7) is 2.14. The second-order valence-corrected chi connectivity index (χ2v) is 7.97. The van der Waals surface area contributed by atoms with Gasteiger partial charge >= 0.3 is 6.03 Å². The van der Waals surface area contributed by atoms with Gasteiger partial charge in [-0.15, -0.1) is 11.3 Å². The molecular formula is C20H22N2O4S. The average Bonchev–Trinajstić information content (AvgIpc) is 3.23. The first-order chi connectivity index (χ1) is 13.0. The van der Waals surface area contributed by atoms with Crippen LogP contribution in [0.15, 0.2) is 23.6 Å². The third-order valence-corrected chi connectivity index (χ3v) is 6.49. The number of thiophene rings is 1. The number of aryl methyl sites for hydroxylation is 2. The molecule has 0 unspecified atom stereocenters. The van der Waals surface area contributed by atoms with Crippen molar-refractivity contribution < 1.29 is 19.1 Å². The van der Waals surface area contributed by atoms with Crippen molar-refractivity contribution in [1.29, 1.82) is 0 Å². The second-order valence-electron chi connectivity index (χ2n) is 6.97. The first-order valence-corrected chi connectivity index (χ1v) is 9.80. The Morgan fingerprint density at radius 3 is 2.70 bits per heavy atom. The summed E-state index contributed by atoms with van der Waals surface area (Å²) in [6, 6.07) is 5.33. The maximum Gasteiger partial charge on any atom is 0.325 e. The topological polar surface area (TPSA) is 67.9 Å². The third kappa shape index (κ3) is 2.68. The van der Waals surface area contributed by atoms with Crippen LogP contribution in [0.2, 0.25) is 0 Å². The number of nitrogens with one attached hydrogen (secondary N) is 1. The molecular weight excluding hydrogens is 364 g/mol. The van der Waals surface area contributed by atoms with Gasteiger partial charge in [-0.05, 0) is 60.9 Å². The number of amides is 3. The Bertz CT molecular complexity index is 923. The van der Waals surface area contributed by atoms with Crippen molar-refractivity contribution in [2.75, 3.05) is 14.2 Å². The van der Waals surface area contributed by atoms with Gasteiger partial charge < -0.3 is 14.8 Å². The molecule has 2 aliphatic rings. The number of ether oxygens (including phenoxy) is 2. The maximum atomic E-state index is 13.3. The van der Waals surface area contributed by atoms with Crippen LogP contribution in [0.4, 0.5) is 4.79 Å². The van der Waals surface area contributed by atoms with E-state index in [1.165, 1.54) is 9.78 Å². The van der Waals surface area contributed by atoms with Crippen LogP contribution in [-0.4, -0.2) is 31.1 Å². The van der Waals surface area contributed by atoms with E-state index in [0.29, 0.717) is 17.9 Å². The molecule has 1 N–H and O–H groups in total. The number of rotatable bonds is 4. The van der Waals surface area contributed by atoms with Crippen molar-refractivity contribution in [3.05, 3.63) is 45.1 Å². The van der Waals surface area contributed by atoms with Gasteiger partial charge in [0.2, 0.25) is 0 Å². The molecule has 0 bridgehead atoms. The average molecular weight is 386 g/mol. The molecule has 0 saturated carbocycles. The molecule has 1 fully saturated rings. The van der Waals surface area contributed by atoms with E-state index in [0.717, 1.165) is 29.5 Å². The maximum absolute atomic E-state index is 13.3. The molecule has 0 radical (unpaired) electrons. The summed E-state index contributed by atoms with van der Waals surface area (Å²) in [5.41, 5.74) is 1.85. The van der Waals surface area contributed by atoms with Crippen molar-refractivity contribution >= 4 is 23.3 Å². The Morgan fingerprint density at radius 1 is 1.22 bits per heavy atom. The van der Waals surface area contributed by atoms with Crippen molar-refractivity contribution in [1.82, 2.24) is 10.2 Å². The van der Waals surface area contributed by atoms with Crippen molar-refractivity contribution in [3.63, 3.8) is 0 Å². The fourth-order valence-electron chi connectivity index (χ4n) is 4.05. The van der Waals surface area contributed by atoms with Crippen LogP contribution in [0.1, 0.15) is 34.4 Å². The molecule has 142 valence electrons. The predicted octanol–water partition coefficient (Wildman–Crippen LogP) is 3.36. The molecule has 27 heavy (non-hydrogen) atoms. The van der Waals surface area contributed by atoms with Gasteiger partial charge in [0.05, 0.1) is 20.8 Å². The minimum absolute atomic E-state index is 0.166. The normalized spacial score (nSPS) is 21.4. The molecule has 1 atom stereocenters. The van der Waals surface area contributed by atoms with Gasteiger partial charge in [-0.1, -0.05) is 0 Å². The van der Waals surface area contributed by atoms with Gasteiger partial charge in [0.25, 0.3) is 5.91 Å². The van der Waals surface area contributed by atoms with Gasteiger partial charge in [-0.2, -0.15) is 0 Å². The number of hydrogen-bond acceptors (Lipinski definition) is 5. The van der Waals surface area contributed by atoms with Crippen LogP contribution in [0, 0.1) is 6.92 Å². The zero-order valence-corrected chi connectivity index (χ0v) is 16.4. The summed E-state index contributed by atoms with van der Waals surface area (Å²) in [7, 11) is 3.15. The molecule has 2 aromatic rings. The van der Waals surface area contributed by atoms with E-state index in [1.807, 2.05) is 30.5 Å². The molecule has 1 saturated heterocycles. The van der Waals surface area contributed by atoms with Gasteiger partial charge in [0, 0.05) is 10.4 Å². The summed E-state index contributed by atoms with van der Waals surface area (Å²) < 4.78 is 10.7. The highest BCUT2D eigenvalue weighted by Gasteiger charge is 2.54. The monoisotopic (exact) mass is 386 g/mol. The largest absolute Gasteiger partial charge is 0.493 e. The zero-order valence-electron chi connectivity index (χ0n) is 15.6. The summed E-state index contributed by atoms with van der Waals surface area (Å²) in [5, 5.41) is 4.99. The predicted molar refractivity (Wildman–Crippen MR) is 102 cm³/mol. The number of imide groups is 1. The van der Waals surface area contributed by atoms with E-state index in [1.54, 1.807) is 25.6 Å². The van der Waals surface area contributed by atoms with Crippen LogP contribution in [0.3, 0.4) is 0 Å². The van der Waals surface area contributed by atoms with Crippen LogP contribution in [0.5, 0.6) is 11.5 Å². The second kappa shape index (κ2) is 6.56. The molecule has 4 rings (SSSR count). The lowest BCUT2D eigenvalue weighted by Gasteiger charge is -2.31. The third-order valence-electron chi connectivity index (χ3n) is 5.51. The molecule has 1 aromatic heterocycles. The Hall–Kier alpha value is -2.54. The fraction of sp³-hybridized carbons (Fsp3) is 0.400. The minimum Gasteiger partial charge on any atom is -0.493 e. The number of methoxy groups -OCH3 is 2. The molecule has 6 nitrogen and oxygen atoms in total. The standard InChI is InChI=1S/C20H22N2O4S/c1-12-9-15(25-2)16(26-3)10-13(12)11-22-18(23)20(21-19(22)24)7-4-5-17-14(20)6-8-27-17/h6,8-10H,4-5,7,11H2,1-3H3,(H,21,24)/t20-/m1/s1. The lowest BCUT2D eigenvalue weighted by Crippen LogP contribution is -2.46. The van der Waals surface area contributed by atoms with Gasteiger partial charge in [0.1, 0.15) is 5.54 Å². The quantitative estimate of drug-likeness (QED) is 0.818. The highest BCUT2D eigenvalue weighted by Crippen LogP contribution is 2.42. The number of urea groups is 1. The lowest BCUT2D eigenvalue weighted by atomic mass is 9.80. The number of benzene rings is 1. The number of carbonyl (C=O) groups is 2. The van der Waals surface area contributed by atoms with E-state index in [2.05, 4.69) is 5.32 Å². The van der Waals surface area contributed by atoms with E-state index in [9.17, 15) is 9.59 Å². The van der Waals surface area contributed by atoms with E-state index >= 15 is 0 Å². The van der Waals surface area contributed by atoms with E-state index < -0.39 is 5.54 Å². The van der Waals surface area contributed by atoms with Crippen molar-refractivity contribution in [3.8, 4) is 11.5 Å². The van der Waals surface area contributed by atoms with Crippen LogP contribution in [-0.2, 0) is 23.3 Å². The highest BCUT2D eigenvalue weighted by molar-refractivity contribution is 7.10. The molecule has 1 aliphatic heterocycles. The lowest BCUT2D eigenvalue weighted by molar-refractivity contribution is -0.132. The van der Waals surface area contributed by atoms with Gasteiger partial charge in [0.15, 0.2) is 11.5 Å². The Balaban J connectivity index is 1.67. The number of nitrogens with zero attached hydrogens (tertiary/aromatic N) is 1. The number of fused-ring (bicyclic) bond motifs is 2. The minimum atomic E-state index is -0.908. The van der Waals surface area contributed by atoms with Gasteiger partial charge in [-0.25, -0.2) is 4.79 Å². The van der Waals surface area contributed by atoms with E-state index in [4.69, 9.17) is 9.47 Å². The SMILES string of the molecule is COc1cc(C)c(CN2C(=O)N[C@@]3(CCCc4sccc43)C2=O)cc1OC. The Morgan fingerprint density at radius 2 is 1.96 bits per heavy atom. The fourth-order valence-corrected chi connectivity index (χ4v) is 5.05. The van der Waals surface area contributed by atoms with Crippen LogP contribution in [0.25, 0.3) is 0 Å². The summed E-state index contributed by atoms with van der Waals surface area (Å²) >= 11 is 1.65. The molecule has 1 aliphatic carbocycles. The zero-order chi connectivity index (χ0) is 19.2. The van der Waals surface area contributed by atoms with Gasteiger partial charge in [-0.3, -0.25) is 9.69 Å². The highest BCUT2D eigenvalue weighted by atomic mass is 32.1. The van der Waals surface area contributed by atoms with Crippen LogP contribution >= 0.6 is 11.3 Å². The molecule has 1 spiro atoms. The first kappa shape index (κ1) is 17.9. The molecule has 1 aromatic carbocycles. The number of carbonyl (C=O) groups excluding carboxylic acids is 2. The molecule has 2 heterocycles. The van der Waals surface area contributed by atoms with Crippen molar-refractivity contribution in [2.24, 2.45) is 0 Å². The molecule has 7 heteroatoms. The number of hydrogen-bond donors (Lipinski definition) is 1. The first-order valence-electron chi connectivity index (χ1n) is 8.92. The van der Waals surface area contributed by atoms with E-state index in [-0.39, 0.29) is 18.5 Å². The molecule has 3 amide bonds. The Labute approximate surface area is 162 Å². The smallest absolute Gasteiger partial charge is 0.325 e.